The van der Waals surface area contributed by atoms with Crippen molar-refractivity contribution < 1.29 is 9.21 Å². The second-order valence-corrected chi connectivity index (χ2v) is 8.86. The number of carbonyl (C=O) groups is 1. The molecule has 0 atom stereocenters. The van der Waals surface area contributed by atoms with Crippen LogP contribution in [0.4, 0.5) is 0 Å². The van der Waals surface area contributed by atoms with Gasteiger partial charge in [0.2, 0.25) is 0 Å². The van der Waals surface area contributed by atoms with Crippen LogP contribution in [0.2, 0.25) is 0 Å². The van der Waals surface area contributed by atoms with Crippen LogP contribution in [0, 0.1) is 6.92 Å². The Hall–Kier alpha value is -5.03. The van der Waals surface area contributed by atoms with Gasteiger partial charge in [-0.3, -0.25) is 9.59 Å². The lowest BCUT2D eigenvalue weighted by Gasteiger charge is -2.10. The lowest BCUT2D eigenvalue weighted by molar-refractivity contribution is 0.103. The average Bonchev–Trinajstić information content (AvgIpc) is 3.34. The van der Waals surface area contributed by atoms with E-state index in [0.29, 0.717) is 33.5 Å². The summed E-state index contributed by atoms with van der Waals surface area (Å²) in [5.74, 6) is 0.0397. The zero-order chi connectivity index (χ0) is 25.4. The van der Waals surface area contributed by atoms with Gasteiger partial charge in [0.1, 0.15) is 11.3 Å². The summed E-state index contributed by atoms with van der Waals surface area (Å²) in [5, 5.41) is 5.39. The monoisotopic (exact) mass is 482 g/mol. The number of benzene rings is 4. The van der Waals surface area contributed by atoms with E-state index in [0.717, 1.165) is 16.8 Å². The lowest BCUT2D eigenvalue weighted by Crippen LogP contribution is -2.06. The molecule has 6 aromatic rings. The molecule has 0 fully saturated rings. The van der Waals surface area contributed by atoms with Crippen molar-refractivity contribution in [1.29, 1.82) is 0 Å². The molecule has 0 aliphatic carbocycles. The van der Waals surface area contributed by atoms with Gasteiger partial charge in [-0.2, -0.15) is 5.10 Å². The molecule has 37 heavy (non-hydrogen) atoms. The van der Waals surface area contributed by atoms with Gasteiger partial charge in [0, 0.05) is 17.2 Å². The zero-order valence-electron chi connectivity index (χ0n) is 20.1. The number of hydrogen-bond acceptors (Lipinski definition) is 4. The maximum atomic E-state index is 14.1. The summed E-state index contributed by atoms with van der Waals surface area (Å²) in [4.78, 5) is 27.2. The normalized spacial score (nSPS) is 11.1. The van der Waals surface area contributed by atoms with Gasteiger partial charge in [0.25, 0.3) is 0 Å². The van der Waals surface area contributed by atoms with Gasteiger partial charge in [0.15, 0.2) is 17.0 Å². The van der Waals surface area contributed by atoms with Crippen LogP contribution < -0.4 is 5.43 Å². The van der Waals surface area contributed by atoms with Crippen molar-refractivity contribution in [3.8, 4) is 28.4 Å². The van der Waals surface area contributed by atoms with E-state index < -0.39 is 0 Å². The predicted octanol–water partition coefficient (Wildman–Crippen LogP) is 6.85. The number of rotatable bonds is 5. The summed E-state index contributed by atoms with van der Waals surface area (Å²) in [6.07, 6.45) is 0. The molecule has 0 spiro atoms. The van der Waals surface area contributed by atoms with E-state index in [1.54, 1.807) is 22.9 Å². The van der Waals surface area contributed by atoms with Gasteiger partial charge in [-0.25, -0.2) is 4.68 Å². The summed E-state index contributed by atoms with van der Waals surface area (Å²) in [6, 6.07) is 35.3. The standard InChI is InChI=1S/C32H22N2O3/c1-21-17-18-25-26(35)20-28(37-27(25)19-21)30-29(32(36)23-13-7-3-8-14-23)31(22-11-5-2-6-12-22)34(33-30)24-15-9-4-10-16-24/h2-20H,1H3. The molecule has 0 saturated heterocycles. The number of hydrogen-bond donors (Lipinski definition) is 0. The number of aryl methyl sites for hydroxylation is 1. The highest BCUT2D eigenvalue weighted by atomic mass is 16.3. The van der Waals surface area contributed by atoms with Crippen molar-refractivity contribution in [2.75, 3.05) is 0 Å². The highest BCUT2D eigenvalue weighted by molar-refractivity contribution is 6.16. The first-order valence-electron chi connectivity index (χ1n) is 12.0. The van der Waals surface area contributed by atoms with Gasteiger partial charge in [0.05, 0.1) is 22.3 Å². The topological polar surface area (TPSA) is 65.1 Å². The van der Waals surface area contributed by atoms with Crippen LogP contribution in [0.25, 0.3) is 39.4 Å². The van der Waals surface area contributed by atoms with Gasteiger partial charge in [-0.05, 0) is 36.8 Å². The molecule has 0 saturated carbocycles. The Bertz CT molecular complexity index is 1800. The quantitative estimate of drug-likeness (QED) is 0.252. The van der Waals surface area contributed by atoms with Crippen molar-refractivity contribution in [1.82, 2.24) is 9.78 Å². The van der Waals surface area contributed by atoms with E-state index >= 15 is 0 Å². The Kier molecular flexibility index (Phi) is 5.58. The third-order valence-electron chi connectivity index (χ3n) is 6.31. The first-order chi connectivity index (χ1) is 18.1. The van der Waals surface area contributed by atoms with Gasteiger partial charge < -0.3 is 4.42 Å². The van der Waals surface area contributed by atoms with Gasteiger partial charge >= 0.3 is 0 Å². The van der Waals surface area contributed by atoms with E-state index in [2.05, 4.69) is 0 Å². The fourth-order valence-corrected chi connectivity index (χ4v) is 4.54. The number of para-hydroxylation sites is 1. The van der Waals surface area contributed by atoms with E-state index in [1.165, 1.54) is 6.07 Å². The van der Waals surface area contributed by atoms with Crippen molar-refractivity contribution in [3.05, 3.63) is 142 Å². The van der Waals surface area contributed by atoms with Crippen LogP contribution in [-0.2, 0) is 0 Å². The molecule has 5 nitrogen and oxygen atoms in total. The Morgan fingerprint density at radius 1 is 0.784 bits per heavy atom. The Labute approximate surface area is 213 Å². The minimum absolute atomic E-state index is 0.190. The summed E-state index contributed by atoms with van der Waals surface area (Å²) in [6.45, 7) is 1.94. The molecule has 178 valence electrons. The highest BCUT2D eigenvalue weighted by Crippen LogP contribution is 2.36. The van der Waals surface area contributed by atoms with E-state index in [1.807, 2.05) is 97.9 Å². The Balaban J connectivity index is 1.72. The molecule has 0 aliphatic rings. The van der Waals surface area contributed by atoms with E-state index in [9.17, 15) is 9.59 Å². The molecule has 0 unspecified atom stereocenters. The van der Waals surface area contributed by atoms with E-state index in [4.69, 9.17) is 9.52 Å². The minimum atomic E-state index is -0.205. The Morgan fingerprint density at radius 2 is 1.43 bits per heavy atom. The molecule has 4 aromatic carbocycles. The van der Waals surface area contributed by atoms with Crippen molar-refractivity contribution in [2.45, 2.75) is 6.92 Å². The Morgan fingerprint density at radius 3 is 2.14 bits per heavy atom. The summed E-state index contributed by atoms with van der Waals surface area (Å²) in [7, 11) is 0. The molecular formula is C32H22N2O3. The molecule has 2 heterocycles. The molecule has 0 amide bonds. The third kappa shape index (κ3) is 4.06. The number of carbonyl (C=O) groups excluding carboxylic acids is 1. The van der Waals surface area contributed by atoms with Crippen LogP contribution in [0.3, 0.4) is 0 Å². The molecule has 6 rings (SSSR count). The molecule has 2 aromatic heterocycles. The maximum absolute atomic E-state index is 14.1. The third-order valence-corrected chi connectivity index (χ3v) is 6.31. The predicted molar refractivity (Wildman–Crippen MR) is 145 cm³/mol. The molecule has 0 bridgehead atoms. The molecule has 0 radical (unpaired) electrons. The van der Waals surface area contributed by atoms with Crippen molar-refractivity contribution in [3.63, 3.8) is 0 Å². The van der Waals surface area contributed by atoms with Gasteiger partial charge in [-0.15, -0.1) is 0 Å². The lowest BCUT2D eigenvalue weighted by atomic mass is 9.96. The summed E-state index contributed by atoms with van der Waals surface area (Å²) in [5.41, 5.74) is 4.68. The van der Waals surface area contributed by atoms with Gasteiger partial charge in [-0.1, -0.05) is 84.9 Å². The van der Waals surface area contributed by atoms with Crippen LogP contribution in [0.15, 0.2) is 124 Å². The number of aromatic nitrogens is 2. The minimum Gasteiger partial charge on any atom is -0.454 e. The fourth-order valence-electron chi connectivity index (χ4n) is 4.54. The van der Waals surface area contributed by atoms with Crippen molar-refractivity contribution in [2.24, 2.45) is 0 Å². The summed E-state index contributed by atoms with van der Waals surface area (Å²) >= 11 is 0. The largest absolute Gasteiger partial charge is 0.454 e. The molecule has 5 heteroatoms. The smallest absolute Gasteiger partial charge is 0.197 e. The fraction of sp³-hybridized carbons (Fsp3) is 0.0312. The SMILES string of the molecule is Cc1ccc2c(=O)cc(-c3nn(-c4ccccc4)c(-c4ccccc4)c3C(=O)c3ccccc3)oc2c1. The molecule has 0 N–H and O–H groups in total. The second kappa shape index (κ2) is 9.21. The highest BCUT2D eigenvalue weighted by Gasteiger charge is 2.29. The van der Waals surface area contributed by atoms with Crippen LogP contribution >= 0.6 is 0 Å². The number of ketones is 1. The van der Waals surface area contributed by atoms with Crippen LogP contribution in [0.1, 0.15) is 21.5 Å². The average molecular weight is 483 g/mol. The van der Waals surface area contributed by atoms with Crippen LogP contribution in [-0.4, -0.2) is 15.6 Å². The first kappa shape index (κ1) is 22.4. The molecule has 0 aliphatic heterocycles. The van der Waals surface area contributed by atoms with Crippen molar-refractivity contribution >= 4 is 16.8 Å². The number of nitrogens with zero attached hydrogens (tertiary/aromatic N) is 2. The maximum Gasteiger partial charge on any atom is 0.197 e. The zero-order valence-corrected chi connectivity index (χ0v) is 20.1. The number of fused-ring (bicyclic) bond motifs is 1. The summed E-state index contributed by atoms with van der Waals surface area (Å²) < 4.78 is 8.00. The second-order valence-electron chi connectivity index (χ2n) is 8.86. The van der Waals surface area contributed by atoms with E-state index in [-0.39, 0.29) is 17.0 Å². The molecular weight excluding hydrogens is 460 g/mol. The first-order valence-corrected chi connectivity index (χ1v) is 12.0. The van der Waals surface area contributed by atoms with Crippen LogP contribution in [0.5, 0.6) is 0 Å².